The van der Waals surface area contributed by atoms with Crippen LogP contribution in [0.25, 0.3) is 0 Å². The molecule has 1 amide bonds. The SMILES string of the molecule is O=C(CCn1cc(Br)cn1)Nc1ncn(Cc2ccc(Cl)cc2Cl)n1. The molecule has 0 fully saturated rings. The van der Waals surface area contributed by atoms with E-state index in [0.717, 1.165) is 10.0 Å². The first-order valence-electron chi connectivity index (χ1n) is 7.31. The molecule has 0 saturated carbocycles. The van der Waals surface area contributed by atoms with Crippen molar-refractivity contribution in [3.63, 3.8) is 0 Å². The van der Waals surface area contributed by atoms with Gasteiger partial charge in [0.15, 0.2) is 0 Å². The highest BCUT2D eigenvalue weighted by molar-refractivity contribution is 9.10. The summed E-state index contributed by atoms with van der Waals surface area (Å²) in [4.78, 5) is 16.0. The number of nitrogens with one attached hydrogen (secondary N) is 1. The zero-order chi connectivity index (χ0) is 17.8. The number of benzene rings is 1. The van der Waals surface area contributed by atoms with Gasteiger partial charge in [0, 0.05) is 29.2 Å². The Balaban J connectivity index is 1.55. The van der Waals surface area contributed by atoms with Crippen molar-refractivity contribution in [2.45, 2.75) is 19.5 Å². The first kappa shape index (κ1) is 17.9. The summed E-state index contributed by atoms with van der Waals surface area (Å²) in [5.41, 5.74) is 0.859. The predicted molar refractivity (Wildman–Crippen MR) is 98.8 cm³/mol. The Kier molecular flexibility index (Phi) is 5.72. The van der Waals surface area contributed by atoms with Crippen LogP contribution in [0.1, 0.15) is 12.0 Å². The fraction of sp³-hybridized carbons (Fsp3) is 0.200. The number of amides is 1. The van der Waals surface area contributed by atoms with Crippen LogP contribution in [0, 0.1) is 0 Å². The molecule has 0 aliphatic heterocycles. The molecule has 10 heteroatoms. The van der Waals surface area contributed by atoms with Crippen LogP contribution in [0.15, 0.2) is 41.4 Å². The highest BCUT2D eigenvalue weighted by atomic mass is 79.9. The standard InChI is InChI=1S/C15H13BrCl2N6O/c16-11-6-20-23(8-11)4-3-14(25)21-15-19-9-24(22-15)7-10-1-2-12(17)5-13(10)18/h1-2,5-6,8-9H,3-4,7H2,(H,21,22,25). The van der Waals surface area contributed by atoms with E-state index < -0.39 is 0 Å². The van der Waals surface area contributed by atoms with E-state index in [1.807, 2.05) is 6.07 Å². The van der Waals surface area contributed by atoms with Crippen molar-refractivity contribution in [1.82, 2.24) is 24.5 Å². The van der Waals surface area contributed by atoms with Gasteiger partial charge in [-0.1, -0.05) is 29.3 Å². The van der Waals surface area contributed by atoms with Gasteiger partial charge in [0.05, 0.1) is 17.2 Å². The Labute approximate surface area is 162 Å². The van der Waals surface area contributed by atoms with Crippen LogP contribution in [0.3, 0.4) is 0 Å². The van der Waals surface area contributed by atoms with Crippen LogP contribution >= 0.6 is 39.1 Å². The van der Waals surface area contributed by atoms with Crippen LogP contribution in [0.5, 0.6) is 0 Å². The fourth-order valence-corrected chi connectivity index (χ4v) is 2.91. The fourth-order valence-electron chi connectivity index (χ4n) is 2.12. The number of hydrogen-bond donors (Lipinski definition) is 1. The maximum atomic E-state index is 12.0. The normalized spacial score (nSPS) is 10.8. The summed E-state index contributed by atoms with van der Waals surface area (Å²) >= 11 is 15.3. The molecule has 130 valence electrons. The Bertz CT molecular complexity index is 894. The Morgan fingerprint density at radius 3 is 2.84 bits per heavy atom. The number of aromatic nitrogens is 5. The molecular formula is C15H13BrCl2N6O. The smallest absolute Gasteiger partial charge is 0.248 e. The van der Waals surface area contributed by atoms with E-state index in [-0.39, 0.29) is 18.3 Å². The Morgan fingerprint density at radius 1 is 1.28 bits per heavy atom. The van der Waals surface area contributed by atoms with Gasteiger partial charge in [-0.2, -0.15) is 5.10 Å². The van der Waals surface area contributed by atoms with E-state index in [1.54, 1.807) is 33.9 Å². The average molecular weight is 444 g/mol. The average Bonchev–Trinajstić information content (AvgIpc) is 3.17. The van der Waals surface area contributed by atoms with E-state index >= 15 is 0 Å². The second-order valence-electron chi connectivity index (χ2n) is 5.22. The molecule has 1 N–H and O–H groups in total. The number of carbonyl (C=O) groups excluding carboxylic acids is 1. The number of carbonyl (C=O) groups is 1. The summed E-state index contributed by atoms with van der Waals surface area (Å²) in [6.07, 6.45) is 5.27. The molecule has 7 nitrogen and oxygen atoms in total. The Morgan fingerprint density at radius 2 is 2.12 bits per heavy atom. The van der Waals surface area contributed by atoms with Gasteiger partial charge in [-0.3, -0.25) is 14.8 Å². The lowest BCUT2D eigenvalue weighted by Gasteiger charge is -2.04. The largest absolute Gasteiger partial charge is 0.293 e. The van der Waals surface area contributed by atoms with Crippen molar-refractivity contribution < 1.29 is 4.79 Å². The molecule has 0 radical (unpaired) electrons. The zero-order valence-electron chi connectivity index (χ0n) is 12.9. The quantitative estimate of drug-likeness (QED) is 0.631. The lowest BCUT2D eigenvalue weighted by atomic mass is 10.2. The van der Waals surface area contributed by atoms with Crippen LogP contribution in [0.2, 0.25) is 10.0 Å². The van der Waals surface area contributed by atoms with Gasteiger partial charge in [0.2, 0.25) is 11.9 Å². The monoisotopic (exact) mass is 442 g/mol. The van der Waals surface area contributed by atoms with Gasteiger partial charge < -0.3 is 0 Å². The van der Waals surface area contributed by atoms with Crippen molar-refractivity contribution in [3.8, 4) is 0 Å². The number of hydrogen-bond acceptors (Lipinski definition) is 4. The number of anilines is 1. The second-order valence-corrected chi connectivity index (χ2v) is 6.98. The highest BCUT2D eigenvalue weighted by Gasteiger charge is 2.09. The van der Waals surface area contributed by atoms with Gasteiger partial charge in [0.25, 0.3) is 0 Å². The van der Waals surface area contributed by atoms with E-state index in [4.69, 9.17) is 23.2 Å². The molecule has 25 heavy (non-hydrogen) atoms. The molecular weight excluding hydrogens is 431 g/mol. The van der Waals surface area contributed by atoms with Crippen molar-refractivity contribution in [2.75, 3.05) is 5.32 Å². The third kappa shape index (κ3) is 5.04. The molecule has 0 saturated heterocycles. The molecule has 3 aromatic rings. The third-order valence-corrected chi connectivity index (χ3v) is 4.30. The van der Waals surface area contributed by atoms with E-state index in [9.17, 15) is 4.79 Å². The van der Waals surface area contributed by atoms with E-state index in [1.165, 1.54) is 6.33 Å². The van der Waals surface area contributed by atoms with E-state index in [0.29, 0.717) is 23.1 Å². The molecule has 0 spiro atoms. The summed E-state index contributed by atoms with van der Waals surface area (Å²) < 4.78 is 4.14. The minimum atomic E-state index is -0.186. The van der Waals surface area contributed by atoms with Gasteiger partial charge in [-0.25, -0.2) is 9.67 Å². The van der Waals surface area contributed by atoms with Crippen LogP contribution in [0.4, 0.5) is 5.95 Å². The van der Waals surface area contributed by atoms with E-state index in [2.05, 4.69) is 36.4 Å². The van der Waals surface area contributed by atoms with Crippen molar-refractivity contribution in [3.05, 3.63) is 57.0 Å². The molecule has 0 bridgehead atoms. The predicted octanol–water partition coefficient (Wildman–Crippen LogP) is 3.62. The topological polar surface area (TPSA) is 77.6 Å². The first-order chi connectivity index (χ1) is 12.0. The lowest BCUT2D eigenvalue weighted by molar-refractivity contribution is -0.116. The molecule has 0 atom stereocenters. The first-order valence-corrected chi connectivity index (χ1v) is 8.85. The molecule has 1 aromatic carbocycles. The number of aryl methyl sites for hydroxylation is 1. The van der Waals surface area contributed by atoms with Crippen LogP contribution in [-0.2, 0) is 17.9 Å². The zero-order valence-corrected chi connectivity index (χ0v) is 16.0. The van der Waals surface area contributed by atoms with Crippen molar-refractivity contribution in [1.29, 1.82) is 0 Å². The minimum Gasteiger partial charge on any atom is -0.293 e. The maximum Gasteiger partial charge on any atom is 0.248 e. The summed E-state index contributed by atoms with van der Waals surface area (Å²) in [6.45, 7) is 0.901. The number of nitrogens with zero attached hydrogens (tertiary/aromatic N) is 5. The maximum absolute atomic E-state index is 12.0. The lowest BCUT2D eigenvalue weighted by Crippen LogP contribution is -2.16. The summed E-state index contributed by atoms with van der Waals surface area (Å²) in [6, 6.07) is 5.26. The van der Waals surface area contributed by atoms with Crippen molar-refractivity contribution >= 4 is 51.0 Å². The summed E-state index contributed by atoms with van der Waals surface area (Å²) in [5, 5.41) is 12.1. The Hall–Kier alpha value is -1.90. The third-order valence-electron chi connectivity index (χ3n) is 3.30. The summed E-state index contributed by atoms with van der Waals surface area (Å²) in [5.74, 6) is 0.0608. The van der Waals surface area contributed by atoms with Gasteiger partial charge in [-0.05, 0) is 33.6 Å². The number of halogens is 3. The molecule has 0 unspecified atom stereocenters. The van der Waals surface area contributed by atoms with Gasteiger partial charge in [-0.15, -0.1) is 5.10 Å². The molecule has 0 aliphatic carbocycles. The van der Waals surface area contributed by atoms with Gasteiger partial charge in [0.1, 0.15) is 6.33 Å². The molecule has 2 aromatic heterocycles. The van der Waals surface area contributed by atoms with Crippen LogP contribution in [-0.4, -0.2) is 30.5 Å². The second kappa shape index (κ2) is 7.99. The molecule has 3 rings (SSSR count). The molecule has 2 heterocycles. The molecule has 0 aliphatic rings. The summed E-state index contributed by atoms with van der Waals surface area (Å²) in [7, 11) is 0. The van der Waals surface area contributed by atoms with Crippen molar-refractivity contribution in [2.24, 2.45) is 0 Å². The number of rotatable bonds is 6. The minimum absolute atomic E-state index is 0.186. The highest BCUT2D eigenvalue weighted by Crippen LogP contribution is 2.21. The van der Waals surface area contributed by atoms with Gasteiger partial charge >= 0.3 is 0 Å². The van der Waals surface area contributed by atoms with Crippen LogP contribution < -0.4 is 5.32 Å².